The molecule has 2 saturated carbocycles. The molecule has 15 rings (SSSR count). The quantitative estimate of drug-likeness (QED) is 0.159. The number of nitrogens with zero attached hydrogens (tertiary/aromatic N) is 3. The Labute approximate surface area is 464 Å². The Bertz CT molecular complexity index is 3920. The van der Waals surface area contributed by atoms with Crippen molar-refractivity contribution >= 4 is 73.7 Å². The number of hydrogen-bond donors (Lipinski definition) is 0. The number of para-hydroxylation sites is 2. The van der Waals surface area contributed by atoms with E-state index in [0.717, 1.165) is 25.7 Å². The van der Waals surface area contributed by atoms with Crippen molar-refractivity contribution < 1.29 is 0 Å². The summed E-state index contributed by atoms with van der Waals surface area (Å²) in [5.74, 6) is 0. The lowest BCUT2D eigenvalue weighted by Crippen LogP contribution is -2.65. The van der Waals surface area contributed by atoms with Crippen molar-refractivity contribution in [1.82, 2.24) is 0 Å². The van der Waals surface area contributed by atoms with E-state index in [0.29, 0.717) is 0 Å². The highest BCUT2D eigenvalue weighted by atomic mass is 15.3. The van der Waals surface area contributed by atoms with Gasteiger partial charge < -0.3 is 14.7 Å². The number of benzene rings is 9. The first-order chi connectivity index (χ1) is 37.7. The molecular formula is C74H72BN3. The molecule has 0 spiro atoms. The molecule has 2 fully saturated rings. The van der Waals surface area contributed by atoms with Gasteiger partial charge in [0.05, 0.1) is 16.8 Å². The van der Waals surface area contributed by atoms with Crippen LogP contribution in [0.15, 0.2) is 194 Å². The van der Waals surface area contributed by atoms with E-state index in [1.54, 1.807) is 0 Å². The fraction of sp³-hybridized carbons (Fsp3) is 0.297. The van der Waals surface area contributed by atoms with Gasteiger partial charge in [0.15, 0.2) is 0 Å². The van der Waals surface area contributed by atoms with Crippen molar-refractivity contribution in [3.05, 3.63) is 228 Å². The maximum Gasteiger partial charge on any atom is 0.252 e. The van der Waals surface area contributed by atoms with E-state index in [9.17, 15) is 0 Å². The molecule has 3 nitrogen and oxygen atoms in total. The monoisotopic (exact) mass is 1010 g/mol. The highest BCUT2D eigenvalue weighted by molar-refractivity contribution is 7.00. The normalized spacial score (nSPS) is 23.6. The third-order valence-electron chi connectivity index (χ3n) is 20.7. The van der Waals surface area contributed by atoms with Gasteiger partial charge in [-0.15, -0.1) is 0 Å². The Morgan fingerprint density at radius 1 is 0.410 bits per heavy atom. The van der Waals surface area contributed by atoms with Gasteiger partial charge in [-0.05, 0) is 159 Å². The van der Waals surface area contributed by atoms with E-state index in [4.69, 9.17) is 0 Å². The van der Waals surface area contributed by atoms with Crippen LogP contribution in [0.1, 0.15) is 140 Å². The molecule has 0 N–H and O–H groups in total. The fourth-order valence-corrected chi connectivity index (χ4v) is 17.1. The second-order valence-electron chi connectivity index (χ2n) is 26.7. The second-order valence-corrected chi connectivity index (χ2v) is 26.7. The first-order valence-corrected chi connectivity index (χ1v) is 29.4. The van der Waals surface area contributed by atoms with Crippen LogP contribution in [0.5, 0.6) is 0 Å². The van der Waals surface area contributed by atoms with Crippen molar-refractivity contribution in [2.24, 2.45) is 0 Å². The van der Waals surface area contributed by atoms with E-state index < -0.39 is 0 Å². The zero-order valence-corrected chi connectivity index (χ0v) is 47.1. The predicted molar refractivity (Wildman–Crippen MR) is 331 cm³/mol. The van der Waals surface area contributed by atoms with Crippen LogP contribution in [0, 0.1) is 0 Å². The number of rotatable bonds is 5. The topological polar surface area (TPSA) is 9.72 Å². The first kappa shape index (κ1) is 47.9. The lowest BCUT2D eigenvalue weighted by atomic mass is 9.33. The largest absolute Gasteiger partial charge is 0.335 e. The summed E-state index contributed by atoms with van der Waals surface area (Å²) in [6.45, 7) is 19.5. The standard InChI is InChI=1S/C74H72BN3/c1-69(2,3)54-36-38-62(57(45-54)51-35-34-49-24-15-16-25-50(49)44-51)76-64-39-37-55(70(4,5)6)46-61(64)75-60-32-23-31-59-68(60)78(72(8)41-20-22-43-74(59,72)53-28-13-10-14-29-53)66-48-56(47-65(76)67(66)75)77-63-33-18-17-30-58(63)73(52-26-11-9-12-27-52)42-21-19-40-71(73,77)7/h9-18,23-39,44-48H,19-22,40-43H2,1-8H3. The summed E-state index contributed by atoms with van der Waals surface area (Å²) >= 11 is 0. The van der Waals surface area contributed by atoms with Crippen LogP contribution in [-0.2, 0) is 21.7 Å². The smallest absolute Gasteiger partial charge is 0.252 e. The molecule has 4 aliphatic heterocycles. The highest BCUT2D eigenvalue weighted by Crippen LogP contribution is 2.67. The zero-order valence-electron chi connectivity index (χ0n) is 47.1. The summed E-state index contributed by atoms with van der Waals surface area (Å²) in [6.07, 6.45) is 9.26. The van der Waals surface area contributed by atoms with Crippen LogP contribution in [-0.4, -0.2) is 17.8 Å². The number of hydrogen-bond acceptors (Lipinski definition) is 3. The van der Waals surface area contributed by atoms with E-state index in [1.165, 1.54) is 137 Å². The molecule has 0 bridgehead atoms. The Kier molecular flexibility index (Phi) is 10.2. The number of anilines is 7. The Morgan fingerprint density at radius 2 is 0.974 bits per heavy atom. The minimum atomic E-state index is -0.244. The van der Waals surface area contributed by atoms with Gasteiger partial charge in [-0.1, -0.05) is 219 Å². The van der Waals surface area contributed by atoms with Gasteiger partial charge in [-0.3, -0.25) is 0 Å². The van der Waals surface area contributed by atoms with E-state index in [1.807, 2.05) is 0 Å². The Morgan fingerprint density at radius 3 is 1.67 bits per heavy atom. The molecule has 78 heavy (non-hydrogen) atoms. The van der Waals surface area contributed by atoms with Crippen molar-refractivity contribution in [3.63, 3.8) is 0 Å². The molecule has 0 aromatic heterocycles. The molecule has 4 atom stereocenters. The van der Waals surface area contributed by atoms with Crippen LogP contribution < -0.4 is 31.1 Å². The lowest BCUT2D eigenvalue weighted by Gasteiger charge is -2.55. The van der Waals surface area contributed by atoms with Gasteiger partial charge in [-0.2, -0.15) is 0 Å². The highest BCUT2D eigenvalue weighted by Gasteiger charge is 2.65. The third kappa shape index (κ3) is 6.29. The molecule has 6 aliphatic rings. The van der Waals surface area contributed by atoms with E-state index in [-0.39, 0.29) is 39.5 Å². The second kappa shape index (κ2) is 16.6. The van der Waals surface area contributed by atoms with Crippen molar-refractivity contribution in [2.75, 3.05) is 14.7 Å². The summed E-state index contributed by atoms with van der Waals surface area (Å²) in [7, 11) is 0. The van der Waals surface area contributed by atoms with E-state index >= 15 is 0 Å². The number of fused-ring (bicyclic) bond motifs is 11. The Balaban J connectivity index is 1.09. The van der Waals surface area contributed by atoms with Crippen molar-refractivity contribution in [1.29, 1.82) is 0 Å². The molecule has 0 amide bonds. The van der Waals surface area contributed by atoms with Gasteiger partial charge in [0.2, 0.25) is 0 Å². The minimum Gasteiger partial charge on any atom is -0.335 e. The molecule has 4 heteroatoms. The SMILES string of the molecule is CC(C)(C)c1ccc2c(c1)B1c3cccc4c3N(c3cc(N5c6ccccc6C6(c7ccccc7)CCCCC56C)cc(c31)N2c1ccc(C(C)(C)C)cc1-c1ccc2ccccc2c1)C1(C)CCCCC41c1ccccc1. The molecule has 0 saturated heterocycles. The molecule has 386 valence electrons. The van der Waals surface area contributed by atoms with Crippen LogP contribution >= 0.6 is 0 Å². The van der Waals surface area contributed by atoms with Gasteiger partial charge in [-0.25, -0.2) is 0 Å². The summed E-state index contributed by atoms with van der Waals surface area (Å²) in [5, 5.41) is 2.52. The zero-order chi connectivity index (χ0) is 53.1. The van der Waals surface area contributed by atoms with Gasteiger partial charge >= 0.3 is 0 Å². The molecule has 4 unspecified atom stereocenters. The summed E-state index contributed by atoms with van der Waals surface area (Å²) in [5.41, 5.74) is 23.6. The summed E-state index contributed by atoms with van der Waals surface area (Å²) in [6, 6.07) is 76.7. The molecular weight excluding hydrogens is 942 g/mol. The predicted octanol–water partition coefficient (Wildman–Crippen LogP) is 17.3. The molecule has 0 radical (unpaired) electrons. The van der Waals surface area contributed by atoms with Gasteiger partial charge in [0, 0.05) is 50.5 Å². The van der Waals surface area contributed by atoms with Crippen LogP contribution in [0.2, 0.25) is 0 Å². The van der Waals surface area contributed by atoms with Crippen molar-refractivity contribution in [2.45, 2.75) is 139 Å². The summed E-state index contributed by atoms with van der Waals surface area (Å²) < 4.78 is 0. The van der Waals surface area contributed by atoms with Crippen LogP contribution in [0.4, 0.5) is 39.8 Å². The molecule has 4 heterocycles. The molecule has 9 aromatic rings. The van der Waals surface area contributed by atoms with Crippen LogP contribution in [0.3, 0.4) is 0 Å². The first-order valence-electron chi connectivity index (χ1n) is 29.4. The average Bonchev–Trinajstić information content (AvgIpc) is 4.02. The van der Waals surface area contributed by atoms with Crippen molar-refractivity contribution in [3.8, 4) is 11.1 Å². The average molecular weight is 1010 g/mol. The Hall–Kier alpha value is -7.30. The van der Waals surface area contributed by atoms with E-state index in [2.05, 4.69) is 264 Å². The maximum atomic E-state index is 2.96. The molecule has 9 aromatic carbocycles. The third-order valence-corrected chi connectivity index (χ3v) is 20.7. The lowest BCUT2D eigenvalue weighted by molar-refractivity contribution is 0.214. The molecule has 2 aliphatic carbocycles. The van der Waals surface area contributed by atoms with Gasteiger partial charge in [0.25, 0.3) is 6.71 Å². The van der Waals surface area contributed by atoms with Crippen LogP contribution in [0.25, 0.3) is 21.9 Å². The minimum absolute atomic E-state index is 0.0119. The van der Waals surface area contributed by atoms with Gasteiger partial charge in [0.1, 0.15) is 0 Å². The summed E-state index contributed by atoms with van der Waals surface area (Å²) in [4.78, 5) is 8.57. The maximum absolute atomic E-state index is 2.96. The fourth-order valence-electron chi connectivity index (χ4n) is 17.1.